The molecule has 0 aromatic heterocycles. The Bertz CT molecular complexity index is 739. The van der Waals surface area contributed by atoms with Crippen LogP contribution in [0.5, 0.6) is 5.75 Å². The summed E-state index contributed by atoms with van der Waals surface area (Å²) in [5.41, 5.74) is 5.62. The second-order valence-electron chi connectivity index (χ2n) is 6.56. The summed E-state index contributed by atoms with van der Waals surface area (Å²) in [5.74, 6) is 0.744. The molecule has 0 fully saturated rings. The van der Waals surface area contributed by atoms with Gasteiger partial charge in [-0.3, -0.25) is 0 Å². The van der Waals surface area contributed by atoms with Gasteiger partial charge in [0, 0.05) is 23.0 Å². The molecule has 0 saturated heterocycles. The van der Waals surface area contributed by atoms with Crippen LogP contribution in [0.3, 0.4) is 0 Å². The average molecular weight is 316 g/mol. The molecule has 1 nitrogen and oxygen atoms in total. The van der Waals surface area contributed by atoms with Gasteiger partial charge in [-0.05, 0) is 18.1 Å². The van der Waals surface area contributed by atoms with E-state index in [2.05, 4.69) is 57.2 Å². The number of benzene rings is 3. The SMILES string of the molecule is Cc1cc(C(C)c2ccccc2)c(O)c(C(C)c2ccccc2)c1. The molecule has 0 aliphatic heterocycles. The predicted octanol–water partition coefficient (Wildman–Crippen LogP) is 6.00. The number of aromatic hydroxyl groups is 1. The maximum Gasteiger partial charge on any atom is 0.123 e. The van der Waals surface area contributed by atoms with Gasteiger partial charge < -0.3 is 5.11 Å². The van der Waals surface area contributed by atoms with E-state index in [1.165, 1.54) is 16.7 Å². The number of hydrogen-bond donors (Lipinski definition) is 1. The van der Waals surface area contributed by atoms with Gasteiger partial charge in [-0.25, -0.2) is 0 Å². The molecular formula is C23H24O. The molecule has 0 spiro atoms. The van der Waals surface area contributed by atoms with Crippen molar-refractivity contribution < 1.29 is 5.11 Å². The Labute approximate surface area is 144 Å². The molecule has 0 amide bonds. The van der Waals surface area contributed by atoms with Crippen molar-refractivity contribution in [3.63, 3.8) is 0 Å². The lowest BCUT2D eigenvalue weighted by Gasteiger charge is -2.21. The lowest BCUT2D eigenvalue weighted by Crippen LogP contribution is -2.03. The smallest absolute Gasteiger partial charge is 0.123 e. The first-order valence-corrected chi connectivity index (χ1v) is 8.51. The normalized spacial score (nSPS) is 13.5. The van der Waals surface area contributed by atoms with Crippen molar-refractivity contribution in [1.82, 2.24) is 0 Å². The Morgan fingerprint density at radius 2 is 1.04 bits per heavy atom. The van der Waals surface area contributed by atoms with Crippen LogP contribution in [0.15, 0.2) is 72.8 Å². The highest BCUT2D eigenvalue weighted by molar-refractivity contribution is 5.51. The lowest BCUT2D eigenvalue weighted by molar-refractivity contribution is 0.456. The predicted molar refractivity (Wildman–Crippen MR) is 101 cm³/mol. The van der Waals surface area contributed by atoms with E-state index in [9.17, 15) is 5.11 Å². The van der Waals surface area contributed by atoms with Gasteiger partial charge in [-0.2, -0.15) is 0 Å². The molecule has 2 unspecified atom stereocenters. The Hall–Kier alpha value is -2.54. The van der Waals surface area contributed by atoms with Crippen LogP contribution in [-0.2, 0) is 0 Å². The van der Waals surface area contributed by atoms with Crippen LogP contribution in [0.2, 0.25) is 0 Å². The minimum Gasteiger partial charge on any atom is -0.507 e. The molecule has 24 heavy (non-hydrogen) atoms. The molecular weight excluding hydrogens is 292 g/mol. The quantitative estimate of drug-likeness (QED) is 0.625. The van der Waals surface area contributed by atoms with Gasteiger partial charge in [-0.15, -0.1) is 0 Å². The Kier molecular flexibility index (Phi) is 4.71. The van der Waals surface area contributed by atoms with Gasteiger partial charge in [0.25, 0.3) is 0 Å². The molecule has 0 aliphatic carbocycles. The molecule has 122 valence electrons. The number of rotatable bonds is 4. The molecule has 0 aliphatic rings. The van der Waals surface area contributed by atoms with Crippen molar-refractivity contribution >= 4 is 0 Å². The van der Waals surface area contributed by atoms with Crippen LogP contribution in [0, 0.1) is 6.92 Å². The van der Waals surface area contributed by atoms with Gasteiger partial charge in [-0.1, -0.05) is 92.2 Å². The molecule has 2 atom stereocenters. The molecule has 1 N–H and O–H groups in total. The molecule has 0 saturated carbocycles. The highest BCUT2D eigenvalue weighted by Crippen LogP contribution is 2.39. The highest BCUT2D eigenvalue weighted by Gasteiger charge is 2.20. The zero-order chi connectivity index (χ0) is 17.1. The van der Waals surface area contributed by atoms with E-state index in [0.717, 1.165) is 11.1 Å². The molecule has 3 rings (SSSR count). The van der Waals surface area contributed by atoms with Crippen LogP contribution in [0.1, 0.15) is 53.5 Å². The summed E-state index contributed by atoms with van der Waals surface area (Å²) < 4.78 is 0. The zero-order valence-electron chi connectivity index (χ0n) is 14.5. The van der Waals surface area contributed by atoms with Crippen molar-refractivity contribution in [3.8, 4) is 5.75 Å². The maximum atomic E-state index is 11.0. The van der Waals surface area contributed by atoms with Crippen molar-refractivity contribution in [2.45, 2.75) is 32.6 Å². The fourth-order valence-corrected chi connectivity index (χ4v) is 3.34. The van der Waals surface area contributed by atoms with E-state index < -0.39 is 0 Å². The Morgan fingerprint density at radius 3 is 1.42 bits per heavy atom. The van der Waals surface area contributed by atoms with Crippen LogP contribution < -0.4 is 0 Å². The third kappa shape index (κ3) is 3.21. The summed E-state index contributed by atoms with van der Waals surface area (Å²) in [6, 6.07) is 24.9. The number of phenolic OH excluding ortho intramolecular Hbond substituents is 1. The molecule has 3 aromatic carbocycles. The topological polar surface area (TPSA) is 20.2 Å². The van der Waals surface area contributed by atoms with Crippen molar-refractivity contribution in [3.05, 3.63) is 101 Å². The lowest BCUT2D eigenvalue weighted by atomic mass is 9.85. The van der Waals surface area contributed by atoms with Crippen LogP contribution in [-0.4, -0.2) is 5.11 Å². The van der Waals surface area contributed by atoms with Crippen molar-refractivity contribution in [2.75, 3.05) is 0 Å². The second-order valence-corrected chi connectivity index (χ2v) is 6.56. The molecule has 1 heteroatoms. The van der Waals surface area contributed by atoms with Crippen LogP contribution >= 0.6 is 0 Å². The Balaban J connectivity index is 2.05. The first kappa shape index (κ1) is 16.3. The number of phenols is 1. The second kappa shape index (κ2) is 6.92. The first-order chi connectivity index (χ1) is 11.6. The fraction of sp³-hybridized carbons (Fsp3) is 0.217. The van der Waals surface area contributed by atoms with Crippen LogP contribution in [0.25, 0.3) is 0 Å². The molecule has 0 radical (unpaired) electrons. The van der Waals surface area contributed by atoms with Crippen LogP contribution in [0.4, 0.5) is 0 Å². The summed E-state index contributed by atoms with van der Waals surface area (Å²) >= 11 is 0. The monoisotopic (exact) mass is 316 g/mol. The molecule has 0 heterocycles. The zero-order valence-corrected chi connectivity index (χ0v) is 14.5. The maximum absolute atomic E-state index is 11.0. The van der Waals surface area contributed by atoms with Gasteiger partial charge in [0.05, 0.1) is 0 Å². The minimum atomic E-state index is 0.160. The number of hydrogen-bond acceptors (Lipinski definition) is 1. The minimum absolute atomic E-state index is 0.160. The third-order valence-electron chi connectivity index (χ3n) is 4.85. The summed E-state index contributed by atoms with van der Waals surface area (Å²) in [7, 11) is 0. The van der Waals surface area contributed by atoms with Gasteiger partial charge in [0.2, 0.25) is 0 Å². The summed E-state index contributed by atoms with van der Waals surface area (Å²) in [5, 5.41) is 11.0. The summed E-state index contributed by atoms with van der Waals surface area (Å²) in [6.07, 6.45) is 0. The van der Waals surface area contributed by atoms with E-state index in [1.807, 2.05) is 36.4 Å². The Morgan fingerprint density at radius 1 is 0.667 bits per heavy atom. The average Bonchev–Trinajstić information content (AvgIpc) is 2.63. The van der Waals surface area contributed by atoms with E-state index in [0.29, 0.717) is 5.75 Å². The van der Waals surface area contributed by atoms with E-state index in [-0.39, 0.29) is 11.8 Å². The first-order valence-electron chi connectivity index (χ1n) is 8.51. The van der Waals surface area contributed by atoms with Gasteiger partial charge in [0.15, 0.2) is 0 Å². The van der Waals surface area contributed by atoms with E-state index >= 15 is 0 Å². The van der Waals surface area contributed by atoms with E-state index in [1.54, 1.807) is 0 Å². The van der Waals surface area contributed by atoms with E-state index in [4.69, 9.17) is 0 Å². The molecule has 3 aromatic rings. The van der Waals surface area contributed by atoms with Gasteiger partial charge >= 0.3 is 0 Å². The number of aryl methyl sites for hydroxylation is 1. The fourth-order valence-electron chi connectivity index (χ4n) is 3.34. The largest absolute Gasteiger partial charge is 0.507 e. The van der Waals surface area contributed by atoms with Crippen molar-refractivity contribution in [1.29, 1.82) is 0 Å². The highest BCUT2D eigenvalue weighted by atomic mass is 16.3. The third-order valence-corrected chi connectivity index (χ3v) is 4.85. The summed E-state index contributed by atoms with van der Waals surface area (Å²) in [6.45, 7) is 6.41. The molecule has 0 bridgehead atoms. The van der Waals surface area contributed by atoms with Gasteiger partial charge in [0.1, 0.15) is 5.75 Å². The van der Waals surface area contributed by atoms with Crippen molar-refractivity contribution in [2.24, 2.45) is 0 Å². The summed E-state index contributed by atoms with van der Waals surface area (Å²) in [4.78, 5) is 0. The standard InChI is InChI=1S/C23H24O/c1-16-14-21(17(2)19-10-6-4-7-11-19)23(24)22(15-16)18(3)20-12-8-5-9-13-20/h4-15,17-18,24H,1-3H3.